The van der Waals surface area contributed by atoms with Crippen LogP contribution in [0.1, 0.15) is 6.42 Å². The second-order valence-electron chi connectivity index (χ2n) is 0.932. The molecule has 0 atom stereocenters. The predicted octanol–water partition coefficient (Wildman–Crippen LogP) is -0.00230. The van der Waals surface area contributed by atoms with Gasteiger partial charge in [0, 0.05) is 6.54 Å². The van der Waals surface area contributed by atoms with Gasteiger partial charge in [0.05, 0.1) is 6.42 Å². The molecule has 3 nitrogen and oxygen atoms in total. The minimum absolute atomic E-state index is 0. The third kappa shape index (κ3) is 10.7. The Balaban J connectivity index is 0. The van der Waals surface area contributed by atoms with Gasteiger partial charge in [-0.05, 0) is 0 Å². The molecule has 4 heteroatoms. The first-order valence-corrected chi connectivity index (χ1v) is 1.69. The van der Waals surface area contributed by atoms with Gasteiger partial charge in [-0.2, -0.15) is 0 Å². The molecule has 0 aromatic carbocycles. The molecule has 0 radical (unpaired) electrons. The fourth-order valence-electron chi connectivity index (χ4n) is 0.123. The third-order valence-electron chi connectivity index (χ3n) is 0.358. The number of carbonyl (C=O) groups is 1. The summed E-state index contributed by atoms with van der Waals surface area (Å²) in [4.78, 5) is 9.52. The molecule has 0 bridgehead atoms. The molecule has 0 aliphatic carbocycles. The molecule has 0 aliphatic heterocycles. The first-order valence-electron chi connectivity index (χ1n) is 1.69. The van der Waals surface area contributed by atoms with Crippen LogP contribution in [0.15, 0.2) is 0 Å². The van der Waals surface area contributed by atoms with E-state index in [0.717, 1.165) is 0 Å². The SMILES string of the molecule is Br.NCCC(=O)O. The Morgan fingerprint density at radius 2 is 2.14 bits per heavy atom. The number of aliphatic carboxylic acids is 1. The van der Waals surface area contributed by atoms with Gasteiger partial charge in [-0.3, -0.25) is 4.79 Å². The number of hydrogen-bond acceptors (Lipinski definition) is 2. The van der Waals surface area contributed by atoms with Crippen molar-refractivity contribution in [2.75, 3.05) is 6.54 Å². The zero-order valence-electron chi connectivity index (χ0n) is 3.76. The van der Waals surface area contributed by atoms with Crippen LogP contribution in [0.5, 0.6) is 0 Å². The lowest BCUT2D eigenvalue weighted by Gasteiger charge is -1.80. The van der Waals surface area contributed by atoms with E-state index in [0.29, 0.717) is 0 Å². The van der Waals surface area contributed by atoms with Gasteiger partial charge in [0.1, 0.15) is 0 Å². The molecule has 0 saturated carbocycles. The van der Waals surface area contributed by atoms with Crippen molar-refractivity contribution >= 4 is 23.0 Å². The highest BCUT2D eigenvalue weighted by molar-refractivity contribution is 8.93. The molecule has 0 heterocycles. The van der Waals surface area contributed by atoms with Crippen molar-refractivity contribution in [2.24, 2.45) is 5.73 Å². The topological polar surface area (TPSA) is 63.3 Å². The van der Waals surface area contributed by atoms with E-state index in [1.807, 2.05) is 0 Å². The van der Waals surface area contributed by atoms with Crippen molar-refractivity contribution in [3.05, 3.63) is 0 Å². The Bertz CT molecular complexity index is 56.9. The molecule has 0 fully saturated rings. The number of nitrogens with two attached hydrogens (primary N) is 1. The molecule has 0 aliphatic rings. The number of rotatable bonds is 2. The summed E-state index contributed by atoms with van der Waals surface area (Å²) in [6, 6.07) is 0. The molecule has 0 aromatic rings. The number of halogens is 1. The first kappa shape index (κ1) is 10.0. The van der Waals surface area contributed by atoms with E-state index in [9.17, 15) is 4.79 Å². The summed E-state index contributed by atoms with van der Waals surface area (Å²) in [7, 11) is 0. The van der Waals surface area contributed by atoms with Gasteiger partial charge in [-0.15, -0.1) is 17.0 Å². The zero-order valence-corrected chi connectivity index (χ0v) is 5.47. The van der Waals surface area contributed by atoms with Crippen molar-refractivity contribution in [1.29, 1.82) is 0 Å². The van der Waals surface area contributed by atoms with Crippen LogP contribution in [0.25, 0.3) is 0 Å². The molecule has 0 spiro atoms. The predicted molar refractivity (Wildman–Crippen MR) is 31.6 cm³/mol. The van der Waals surface area contributed by atoms with Gasteiger partial charge in [-0.25, -0.2) is 0 Å². The standard InChI is InChI=1S/C3H7NO2.BrH/c4-2-1-3(5)6;/h1-2,4H2,(H,5,6);1H. The molecule has 0 rings (SSSR count). The van der Waals surface area contributed by atoms with Crippen LogP contribution in [0.2, 0.25) is 0 Å². The summed E-state index contributed by atoms with van der Waals surface area (Å²) in [5.74, 6) is -0.836. The fraction of sp³-hybridized carbons (Fsp3) is 0.667. The lowest BCUT2D eigenvalue weighted by atomic mass is 10.5. The average Bonchev–Trinajstić information content (AvgIpc) is 1.35. The fourth-order valence-corrected chi connectivity index (χ4v) is 0.123. The number of carboxylic acids is 1. The van der Waals surface area contributed by atoms with Crippen molar-refractivity contribution < 1.29 is 9.90 Å². The second-order valence-corrected chi connectivity index (χ2v) is 0.932. The molecular formula is C3H8BrNO2. The first-order chi connectivity index (χ1) is 2.77. The van der Waals surface area contributed by atoms with E-state index in [-0.39, 0.29) is 29.9 Å². The third-order valence-corrected chi connectivity index (χ3v) is 0.358. The Morgan fingerprint density at radius 1 is 1.71 bits per heavy atom. The maximum Gasteiger partial charge on any atom is 0.304 e. The van der Waals surface area contributed by atoms with E-state index in [2.05, 4.69) is 0 Å². The maximum atomic E-state index is 9.52. The number of carboxylic acid groups (broad SMARTS) is 1. The molecular weight excluding hydrogens is 162 g/mol. The van der Waals surface area contributed by atoms with Crippen molar-refractivity contribution in [3.63, 3.8) is 0 Å². The highest BCUT2D eigenvalue weighted by Gasteiger charge is 1.87. The van der Waals surface area contributed by atoms with Gasteiger partial charge in [-0.1, -0.05) is 0 Å². The Labute approximate surface area is 52.3 Å². The average molecular weight is 170 g/mol. The Hall–Kier alpha value is -0.0900. The molecule has 7 heavy (non-hydrogen) atoms. The van der Waals surface area contributed by atoms with Crippen molar-refractivity contribution in [1.82, 2.24) is 0 Å². The molecule has 0 amide bonds. The van der Waals surface area contributed by atoms with Crippen LogP contribution in [0.4, 0.5) is 0 Å². The highest BCUT2D eigenvalue weighted by atomic mass is 79.9. The molecule has 0 saturated heterocycles. The molecule has 44 valence electrons. The summed E-state index contributed by atoms with van der Waals surface area (Å²) >= 11 is 0. The van der Waals surface area contributed by atoms with Gasteiger partial charge in [0.15, 0.2) is 0 Å². The maximum absolute atomic E-state index is 9.52. The summed E-state index contributed by atoms with van der Waals surface area (Å²) < 4.78 is 0. The van der Waals surface area contributed by atoms with Gasteiger partial charge in [0.2, 0.25) is 0 Å². The lowest BCUT2D eigenvalue weighted by Crippen LogP contribution is -2.05. The van der Waals surface area contributed by atoms with Crippen molar-refractivity contribution in [2.45, 2.75) is 6.42 Å². The summed E-state index contributed by atoms with van der Waals surface area (Å²) in [6.45, 7) is 0.231. The van der Waals surface area contributed by atoms with E-state index < -0.39 is 5.97 Å². The lowest BCUT2D eigenvalue weighted by molar-refractivity contribution is -0.136. The van der Waals surface area contributed by atoms with Gasteiger partial charge >= 0.3 is 5.97 Å². The van der Waals surface area contributed by atoms with Crippen LogP contribution in [-0.4, -0.2) is 17.6 Å². The van der Waals surface area contributed by atoms with Gasteiger partial charge < -0.3 is 10.8 Å². The number of hydrogen-bond donors (Lipinski definition) is 2. The van der Waals surface area contributed by atoms with Crippen LogP contribution >= 0.6 is 17.0 Å². The molecule has 0 unspecified atom stereocenters. The Kier molecular flexibility index (Phi) is 8.45. The highest BCUT2D eigenvalue weighted by Crippen LogP contribution is 1.67. The monoisotopic (exact) mass is 169 g/mol. The minimum Gasteiger partial charge on any atom is -0.481 e. The van der Waals surface area contributed by atoms with Crippen LogP contribution in [0.3, 0.4) is 0 Å². The van der Waals surface area contributed by atoms with E-state index >= 15 is 0 Å². The summed E-state index contributed by atoms with van der Waals surface area (Å²) in [5.41, 5.74) is 4.85. The normalized spacial score (nSPS) is 7.00. The van der Waals surface area contributed by atoms with Crippen molar-refractivity contribution in [3.8, 4) is 0 Å². The Morgan fingerprint density at radius 3 is 2.14 bits per heavy atom. The minimum atomic E-state index is -0.836. The van der Waals surface area contributed by atoms with Crippen LogP contribution in [-0.2, 0) is 4.79 Å². The molecule has 0 aromatic heterocycles. The van der Waals surface area contributed by atoms with Gasteiger partial charge in [0.25, 0.3) is 0 Å². The van der Waals surface area contributed by atoms with Crippen LogP contribution in [0, 0.1) is 0 Å². The zero-order chi connectivity index (χ0) is 4.99. The second kappa shape index (κ2) is 5.91. The van der Waals surface area contributed by atoms with E-state index in [1.54, 1.807) is 0 Å². The molecule has 3 N–H and O–H groups in total. The van der Waals surface area contributed by atoms with E-state index in [1.165, 1.54) is 0 Å². The summed E-state index contributed by atoms with van der Waals surface area (Å²) in [6.07, 6.45) is 0.0694. The van der Waals surface area contributed by atoms with Crippen LogP contribution < -0.4 is 5.73 Å². The van der Waals surface area contributed by atoms with E-state index in [4.69, 9.17) is 10.8 Å². The summed E-state index contributed by atoms with van der Waals surface area (Å²) in [5, 5.41) is 7.83. The quantitative estimate of drug-likeness (QED) is 0.612. The smallest absolute Gasteiger partial charge is 0.304 e. The largest absolute Gasteiger partial charge is 0.481 e.